The third-order valence-electron chi connectivity index (χ3n) is 2.51. The average Bonchev–Trinajstić information content (AvgIpc) is 2.84. The molecule has 0 radical (unpaired) electrons. The highest BCUT2D eigenvalue weighted by atomic mass is 35.5. The predicted molar refractivity (Wildman–Crippen MR) is 55.4 cm³/mol. The van der Waals surface area contributed by atoms with Crippen molar-refractivity contribution in [2.45, 2.75) is 12.3 Å². The molecule has 86 valence electrons. The SMILES string of the molecule is O=Cc1ccc(OCC2CC2(F)F)cc1Cl. The van der Waals surface area contributed by atoms with Gasteiger partial charge >= 0.3 is 0 Å². The van der Waals surface area contributed by atoms with Crippen LogP contribution in [0.2, 0.25) is 5.02 Å². The molecule has 0 spiro atoms. The number of halogens is 3. The number of alkyl halides is 2. The van der Waals surface area contributed by atoms with E-state index in [9.17, 15) is 13.6 Å². The number of carbonyl (C=O) groups excluding carboxylic acids is 1. The third-order valence-corrected chi connectivity index (χ3v) is 2.83. The van der Waals surface area contributed by atoms with Crippen molar-refractivity contribution < 1.29 is 18.3 Å². The summed E-state index contributed by atoms with van der Waals surface area (Å²) in [6, 6.07) is 4.48. The Bertz CT molecular complexity index is 420. The van der Waals surface area contributed by atoms with E-state index in [-0.39, 0.29) is 18.1 Å². The van der Waals surface area contributed by atoms with Gasteiger partial charge in [-0.05, 0) is 18.2 Å². The zero-order valence-electron chi connectivity index (χ0n) is 8.25. The number of hydrogen-bond donors (Lipinski definition) is 0. The molecule has 0 saturated heterocycles. The Kier molecular flexibility index (Phi) is 2.84. The molecule has 1 aliphatic carbocycles. The van der Waals surface area contributed by atoms with Gasteiger partial charge in [-0.2, -0.15) is 0 Å². The molecular formula is C11H9ClF2O2. The van der Waals surface area contributed by atoms with Crippen LogP contribution in [0.5, 0.6) is 5.75 Å². The average molecular weight is 247 g/mol. The van der Waals surface area contributed by atoms with Gasteiger partial charge in [-0.3, -0.25) is 4.79 Å². The molecular weight excluding hydrogens is 238 g/mol. The van der Waals surface area contributed by atoms with Gasteiger partial charge in [-0.1, -0.05) is 11.6 Å². The largest absolute Gasteiger partial charge is 0.493 e. The van der Waals surface area contributed by atoms with Crippen LogP contribution in [0, 0.1) is 5.92 Å². The predicted octanol–water partition coefficient (Wildman–Crippen LogP) is 3.19. The van der Waals surface area contributed by atoms with Crippen LogP contribution in [0.1, 0.15) is 16.8 Å². The first kappa shape index (κ1) is 11.3. The second-order valence-electron chi connectivity index (χ2n) is 3.77. The smallest absolute Gasteiger partial charge is 0.255 e. The number of hydrogen-bond acceptors (Lipinski definition) is 2. The zero-order chi connectivity index (χ0) is 11.8. The zero-order valence-corrected chi connectivity index (χ0v) is 9.01. The van der Waals surface area contributed by atoms with Crippen molar-refractivity contribution in [3.05, 3.63) is 28.8 Å². The van der Waals surface area contributed by atoms with Gasteiger partial charge < -0.3 is 4.74 Å². The van der Waals surface area contributed by atoms with E-state index in [2.05, 4.69) is 0 Å². The molecule has 5 heteroatoms. The summed E-state index contributed by atoms with van der Waals surface area (Å²) < 4.78 is 30.3. The van der Waals surface area contributed by atoms with E-state index >= 15 is 0 Å². The van der Waals surface area contributed by atoms with E-state index in [0.29, 0.717) is 17.6 Å². The molecule has 1 fully saturated rings. The molecule has 0 bridgehead atoms. The quantitative estimate of drug-likeness (QED) is 0.763. The lowest BCUT2D eigenvalue weighted by Gasteiger charge is -2.06. The lowest BCUT2D eigenvalue weighted by atomic mass is 10.2. The van der Waals surface area contributed by atoms with Crippen molar-refractivity contribution >= 4 is 17.9 Å². The first-order chi connectivity index (χ1) is 7.53. The van der Waals surface area contributed by atoms with Crippen molar-refractivity contribution in [2.24, 2.45) is 5.92 Å². The fourth-order valence-corrected chi connectivity index (χ4v) is 1.56. The molecule has 16 heavy (non-hydrogen) atoms. The molecule has 2 nitrogen and oxygen atoms in total. The summed E-state index contributed by atoms with van der Waals surface area (Å²) in [5, 5.41) is 0.259. The van der Waals surface area contributed by atoms with Crippen LogP contribution in [-0.4, -0.2) is 18.8 Å². The molecule has 1 aliphatic rings. The van der Waals surface area contributed by atoms with Gasteiger partial charge in [0.05, 0.1) is 17.5 Å². The van der Waals surface area contributed by atoms with Gasteiger partial charge in [0.2, 0.25) is 0 Å². The summed E-state index contributed by atoms with van der Waals surface area (Å²) in [4.78, 5) is 10.5. The van der Waals surface area contributed by atoms with Crippen molar-refractivity contribution in [3.8, 4) is 5.75 Å². The van der Waals surface area contributed by atoms with Crippen LogP contribution in [-0.2, 0) is 0 Å². The van der Waals surface area contributed by atoms with Crippen LogP contribution < -0.4 is 4.74 Å². The Morgan fingerprint density at radius 3 is 2.75 bits per heavy atom. The number of rotatable bonds is 4. The minimum absolute atomic E-state index is 0.0240. The van der Waals surface area contributed by atoms with E-state index in [4.69, 9.17) is 16.3 Å². The summed E-state index contributed by atoms with van der Waals surface area (Å²) in [7, 11) is 0. The van der Waals surface area contributed by atoms with Crippen molar-refractivity contribution in [3.63, 3.8) is 0 Å². The highest BCUT2D eigenvalue weighted by Crippen LogP contribution is 2.48. The fourth-order valence-electron chi connectivity index (χ4n) is 1.34. The topological polar surface area (TPSA) is 26.3 Å². The molecule has 1 unspecified atom stereocenters. The molecule has 1 aromatic carbocycles. The second kappa shape index (κ2) is 4.01. The van der Waals surface area contributed by atoms with Crippen LogP contribution in [0.25, 0.3) is 0 Å². The highest BCUT2D eigenvalue weighted by Gasteiger charge is 2.57. The highest BCUT2D eigenvalue weighted by molar-refractivity contribution is 6.33. The lowest BCUT2D eigenvalue weighted by Crippen LogP contribution is -2.05. The van der Waals surface area contributed by atoms with Gasteiger partial charge in [0, 0.05) is 12.0 Å². The number of ether oxygens (including phenoxy) is 1. The Balaban J connectivity index is 1.95. The minimum Gasteiger partial charge on any atom is -0.493 e. The molecule has 0 amide bonds. The summed E-state index contributed by atoms with van der Waals surface area (Å²) in [6.07, 6.45) is 0.508. The number of benzene rings is 1. The van der Waals surface area contributed by atoms with Crippen molar-refractivity contribution in [1.82, 2.24) is 0 Å². The van der Waals surface area contributed by atoms with Crippen molar-refractivity contribution in [1.29, 1.82) is 0 Å². The van der Waals surface area contributed by atoms with E-state index < -0.39 is 11.8 Å². The summed E-state index contributed by atoms with van der Waals surface area (Å²) in [5.41, 5.74) is 0.353. The lowest BCUT2D eigenvalue weighted by molar-refractivity contribution is 0.0856. The molecule has 0 aromatic heterocycles. The first-order valence-electron chi connectivity index (χ1n) is 4.78. The molecule has 2 rings (SSSR count). The maximum absolute atomic E-state index is 12.5. The number of aldehydes is 1. The molecule has 1 atom stereocenters. The molecule has 1 saturated carbocycles. The van der Waals surface area contributed by atoms with E-state index in [1.807, 2.05) is 0 Å². The Labute approximate surface area is 96.2 Å². The summed E-state index contributed by atoms with van der Waals surface area (Å²) >= 11 is 5.76. The molecule has 0 heterocycles. The molecule has 0 N–H and O–H groups in total. The fraction of sp³-hybridized carbons (Fsp3) is 0.364. The normalized spacial score (nSPS) is 21.6. The second-order valence-corrected chi connectivity index (χ2v) is 4.18. The van der Waals surface area contributed by atoms with E-state index in [1.165, 1.54) is 18.2 Å². The van der Waals surface area contributed by atoms with Crippen LogP contribution >= 0.6 is 11.6 Å². The van der Waals surface area contributed by atoms with Gasteiger partial charge in [-0.25, -0.2) is 8.78 Å². The van der Waals surface area contributed by atoms with Crippen molar-refractivity contribution in [2.75, 3.05) is 6.61 Å². The summed E-state index contributed by atoms with van der Waals surface area (Å²) in [5.74, 6) is -2.87. The van der Waals surface area contributed by atoms with Gasteiger partial charge in [-0.15, -0.1) is 0 Å². The van der Waals surface area contributed by atoms with Crippen LogP contribution in [0.15, 0.2) is 18.2 Å². The van der Waals surface area contributed by atoms with Gasteiger partial charge in [0.15, 0.2) is 6.29 Å². The van der Waals surface area contributed by atoms with Gasteiger partial charge in [0.25, 0.3) is 5.92 Å². The first-order valence-corrected chi connectivity index (χ1v) is 5.16. The summed E-state index contributed by atoms with van der Waals surface area (Å²) in [6.45, 7) is -0.0240. The van der Waals surface area contributed by atoms with Gasteiger partial charge in [0.1, 0.15) is 5.75 Å². The third kappa shape index (κ3) is 2.32. The molecule has 1 aromatic rings. The van der Waals surface area contributed by atoms with E-state index in [1.54, 1.807) is 0 Å². The van der Waals surface area contributed by atoms with Crippen LogP contribution in [0.3, 0.4) is 0 Å². The number of carbonyl (C=O) groups is 1. The minimum atomic E-state index is -2.58. The molecule has 0 aliphatic heterocycles. The van der Waals surface area contributed by atoms with Crippen LogP contribution in [0.4, 0.5) is 8.78 Å². The maximum atomic E-state index is 12.5. The Hall–Kier alpha value is -1.16. The monoisotopic (exact) mass is 246 g/mol. The Morgan fingerprint density at radius 1 is 1.56 bits per heavy atom. The standard InChI is InChI=1S/C11H9ClF2O2/c12-10-3-9(2-1-7(10)5-15)16-6-8-4-11(8,13)14/h1-3,5,8H,4,6H2. The Morgan fingerprint density at radius 2 is 2.25 bits per heavy atom. The van der Waals surface area contributed by atoms with E-state index in [0.717, 1.165) is 0 Å². The maximum Gasteiger partial charge on any atom is 0.255 e.